The van der Waals surface area contributed by atoms with Crippen LogP contribution >= 0.6 is 0 Å². The van der Waals surface area contributed by atoms with Crippen molar-refractivity contribution in [1.82, 2.24) is 4.90 Å². The van der Waals surface area contributed by atoms with Gasteiger partial charge in [-0.05, 0) is 32.4 Å². The van der Waals surface area contributed by atoms with Crippen molar-refractivity contribution in [1.29, 1.82) is 0 Å². The fourth-order valence-electron chi connectivity index (χ4n) is 1.37. The molecule has 0 aromatic heterocycles. The highest BCUT2D eigenvalue weighted by Crippen LogP contribution is 2.17. The molecule has 0 saturated heterocycles. The van der Waals surface area contributed by atoms with Crippen LogP contribution in [0.4, 0.5) is 0 Å². The minimum Gasteiger partial charge on any atom is -0.394 e. The van der Waals surface area contributed by atoms with E-state index >= 15 is 0 Å². The highest BCUT2D eigenvalue weighted by molar-refractivity contribution is 5.95. The van der Waals surface area contributed by atoms with Crippen LogP contribution in [-0.2, 0) is 0 Å². The van der Waals surface area contributed by atoms with Gasteiger partial charge in [-0.1, -0.05) is 18.2 Å². The topological polar surface area (TPSA) is 40.5 Å². The van der Waals surface area contributed by atoms with Crippen LogP contribution in [0.1, 0.15) is 29.8 Å². The van der Waals surface area contributed by atoms with Gasteiger partial charge in [-0.2, -0.15) is 0 Å². The first-order valence-electron chi connectivity index (χ1n) is 5.35. The highest BCUT2D eigenvalue weighted by atomic mass is 16.3. The fourth-order valence-corrected chi connectivity index (χ4v) is 1.37. The Hall–Kier alpha value is -1.35. The lowest BCUT2D eigenvalue weighted by Crippen LogP contribution is -2.47. The predicted octanol–water partition coefficient (Wildman–Crippen LogP) is 1.84. The van der Waals surface area contributed by atoms with Crippen molar-refractivity contribution < 1.29 is 9.90 Å². The number of carbonyl (C=O) groups excluding carboxylic acids is 1. The second-order valence-electron chi connectivity index (χ2n) is 4.65. The predicted molar refractivity (Wildman–Crippen MR) is 64.4 cm³/mol. The van der Waals surface area contributed by atoms with Gasteiger partial charge in [-0.15, -0.1) is 0 Å². The Morgan fingerprint density at radius 2 is 1.94 bits per heavy atom. The number of benzene rings is 1. The van der Waals surface area contributed by atoms with E-state index in [4.69, 9.17) is 0 Å². The summed E-state index contributed by atoms with van der Waals surface area (Å²) in [5.41, 5.74) is 1.10. The molecule has 3 heteroatoms. The molecule has 0 aliphatic heterocycles. The molecule has 0 spiro atoms. The number of likely N-dealkylation sites (N-methyl/N-ethyl adjacent to an activating group) is 1. The number of aryl methyl sites for hydroxylation is 1. The molecule has 0 radical (unpaired) electrons. The van der Waals surface area contributed by atoms with E-state index in [1.807, 2.05) is 45.0 Å². The molecule has 1 amide bonds. The molecule has 1 rings (SSSR count). The normalized spacial score (nSPS) is 11.3. The number of hydrogen-bond acceptors (Lipinski definition) is 2. The van der Waals surface area contributed by atoms with Crippen LogP contribution < -0.4 is 0 Å². The third kappa shape index (κ3) is 2.42. The van der Waals surface area contributed by atoms with E-state index in [9.17, 15) is 9.90 Å². The average Bonchev–Trinajstić information content (AvgIpc) is 2.27. The minimum absolute atomic E-state index is 0.0544. The summed E-state index contributed by atoms with van der Waals surface area (Å²) in [6.07, 6.45) is 0. The van der Waals surface area contributed by atoms with Gasteiger partial charge in [0, 0.05) is 12.6 Å². The molecule has 3 nitrogen and oxygen atoms in total. The molecule has 0 heterocycles. The molecule has 0 bridgehead atoms. The van der Waals surface area contributed by atoms with Gasteiger partial charge in [-0.25, -0.2) is 0 Å². The van der Waals surface area contributed by atoms with E-state index in [1.54, 1.807) is 11.9 Å². The van der Waals surface area contributed by atoms with Crippen molar-refractivity contribution in [3.63, 3.8) is 0 Å². The molecule has 0 aliphatic carbocycles. The standard InChI is InChI=1S/C13H19NO2/c1-10-7-5-6-8-11(10)12(16)14(4)13(2,3)9-15/h5-8,15H,9H2,1-4H3. The lowest BCUT2D eigenvalue weighted by molar-refractivity contribution is 0.0472. The quantitative estimate of drug-likeness (QED) is 0.846. The summed E-state index contributed by atoms with van der Waals surface area (Å²) in [5, 5.41) is 9.24. The smallest absolute Gasteiger partial charge is 0.254 e. The lowest BCUT2D eigenvalue weighted by atomic mass is 10.0. The maximum atomic E-state index is 12.2. The molecule has 0 aliphatic rings. The average molecular weight is 221 g/mol. The summed E-state index contributed by atoms with van der Waals surface area (Å²) in [4.78, 5) is 13.8. The molecule has 0 saturated carbocycles. The number of hydrogen-bond donors (Lipinski definition) is 1. The van der Waals surface area contributed by atoms with Crippen LogP contribution in [0.3, 0.4) is 0 Å². The first-order valence-corrected chi connectivity index (χ1v) is 5.35. The van der Waals surface area contributed by atoms with Crippen LogP contribution in [0.5, 0.6) is 0 Å². The van der Waals surface area contributed by atoms with E-state index in [0.717, 1.165) is 5.56 Å². The van der Waals surface area contributed by atoms with Crippen molar-refractivity contribution in [3.8, 4) is 0 Å². The number of rotatable bonds is 3. The Morgan fingerprint density at radius 3 is 2.44 bits per heavy atom. The number of carbonyl (C=O) groups is 1. The van der Waals surface area contributed by atoms with E-state index in [1.165, 1.54) is 0 Å². The van der Waals surface area contributed by atoms with Gasteiger partial charge in [0.25, 0.3) is 5.91 Å². The molecule has 1 N–H and O–H groups in total. The minimum atomic E-state index is -0.542. The number of nitrogens with zero attached hydrogens (tertiary/aromatic N) is 1. The van der Waals surface area contributed by atoms with Crippen molar-refractivity contribution in [2.45, 2.75) is 26.3 Å². The maximum absolute atomic E-state index is 12.2. The first kappa shape index (κ1) is 12.7. The van der Waals surface area contributed by atoms with E-state index < -0.39 is 5.54 Å². The maximum Gasteiger partial charge on any atom is 0.254 e. The zero-order valence-electron chi connectivity index (χ0n) is 10.3. The van der Waals surface area contributed by atoms with Gasteiger partial charge in [0.2, 0.25) is 0 Å². The van der Waals surface area contributed by atoms with Crippen LogP contribution in [-0.4, -0.2) is 35.1 Å². The number of aliphatic hydroxyl groups is 1. The van der Waals surface area contributed by atoms with Gasteiger partial charge >= 0.3 is 0 Å². The largest absolute Gasteiger partial charge is 0.394 e. The Morgan fingerprint density at radius 1 is 1.38 bits per heavy atom. The monoisotopic (exact) mass is 221 g/mol. The highest BCUT2D eigenvalue weighted by Gasteiger charge is 2.27. The van der Waals surface area contributed by atoms with E-state index in [2.05, 4.69) is 0 Å². The summed E-state index contributed by atoms with van der Waals surface area (Å²) < 4.78 is 0. The SMILES string of the molecule is Cc1ccccc1C(=O)N(C)C(C)(C)CO. The number of amides is 1. The third-order valence-corrected chi connectivity index (χ3v) is 2.98. The molecular formula is C13H19NO2. The van der Waals surface area contributed by atoms with Crippen molar-refractivity contribution in [2.75, 3.05) is 13.7 Å². The Labute approximate surface area is 96.7 Å². The van der Waals surface area contributed by atoms with Gasteiger partial charge in [0.15, 0.2) is 0 Å². The zero-order chi connectivity index (χ0) is 12.3. The summed E-state index contributed by atoms with van der Waals surface area (Å²) >= 11 is 0. The van der Waals surface area contributed by atoms with Gasteiger partial charge < -0.3 is 10.0 Å². The molecular weight excluding hydrogens is 202 g/mol. The van der Waals surface area contributed by atoms with Gasteiger partial charge in [0.1, 0.15) is 0 Å². The van der Waals surface area contributed by atoms with Gasteiger partial charge in [0.05, 0.1) is 12.1 Å². The van der Waals surface area contributed by atoms with Crippen LogP contribution in [0, 0.1) is 6.92 Å². The molecule has 0 fully saturated rings. The molecule has 0 unspecified atom stereocenters. The Balaban J connectivity index is 3.00. The summed E-state index contributed by atoms with van der Waals surface area (Å²) in [6, 6.07) is 7.47. The van der Waals surface area contributed by atoms with Crippen molar-refractivity contribution in [2.24, 2.45) is 0 Å². The molecule has 88 valence electrons. The second kappa shape index (κ2) is 4.66. The summed E-state index contributed by atoms with van der Waals surface area (Å²) in [7, 11) is 1.71. The summed E-state index contributed by atoms with van der Waals surface area (Å²) in [6.45, 7) is 5.53. The van der Waals surface area contributed by atoms with E-state index in [0.29, 0.717) is 5.56 Å². The molecule has 1 aromatic rings. The zero-order valence-corrected chi connectivity index (χ0v) is 10.3. The van der Waals surface area contributed by atoms with Gasteiger partial charge in [-0.3, -0.25) is 4.79 Å². The fraction of sp³-hybridized carbons (Fsp3) is 0.462. The first-order chi connectivity index (χ1) is 7.40. The van der Waals surface area contributed by atoms with Crippen molar-refractivity contribution in [3.05, 3.63) is 35.4 Å². The Kier molecular flexibility index (Phi) is 3.70. The van der Waals surface area contributed by atoms with E-state index in [-0.39, 0.29) is 12.5 Å². The van der Waals surface area contributed by atoms with Crippen LogP contribution in [0.25, 0.3) is 0 Å². The second-order valence-corrected chi connectivity index (χ2v) is 4.65. The van der Waals surface area contributed by atoms with Crippen molar-refractivity contribution >= 4 is 5.91 Å². The molecule has 1 aromatic carbocycles. The lowest BCUT2D eigenvalue weighted by Gasteiger charge is -2.34. The number of aliphatic hydroxyl groups excluding tert-OH is 1. The third-order valence-electron chi connectivity index (χ3n) is 2.98. The summed E-state index contributed by atoms with van der Waals surface area (Å²) in [5.74, 6) is -0.0582. The Bertz CT molecular complexity index is 385. The van der Waals surface area contributed by atoms with Crippen LogP contribution in [0.2, 0.25) is 0 Å². The van der Waals surface area contributed by atoms with Crippen LogP contribution in [0.15, 0.2) is 24.3 Å². The molecule has 16 heavy (non-hydrogen) atoms. The molecule has 0 atom stereocenters.